The van der Waals surface area contributed by atoms with Crippen LogP contribution in [0.25, 0.3) is 0 Å². The molecule has 0 aromatic carbocycles. The fourth-order valence-electron chi connectivity index (χ4n) is 2.42. The van der Waals surface area contributed by atoms with Crippen LogP contribution in [0.1, 0.15) is 23.2 Å². The highest BCUT2D eigenvalue weighted by Crippen LogP contribution is 2.20. The van der Waals surface area contributed by atoms with Crippen LogP contribution in [-0.4, -0.2) is 39.5 Å². The molecule has 20 heavy (non-hydrogen) atoms. The lowest BCUT2D eigenvalue weighted by Gasteiger charge is -2.32. The first-order chi connectivity index (χ1) is 9.81. The smallest absolute Gasteiger partial charge is 0.114 e. The predicted molar refractivity (Wildman–Crippen MR) is 75.0 cm³/mol. The van der Waals surface area contributed by atoms with Gasteiger partial charge in [0, 0.05) is 37.7 Å². The largest absolute Gasteiger partial charge is 0.369 e. The minimum absolute atomic E-state index is 0.00209. The van der Waals surface area contributed by atoms with E-state index in [9.17, 15) is 0 Å². The molecule has 1 aliphatic heterocycles. The highest BCUT2D eigenvalue weighted by molar-refractivity contribution is 5.10. The summed E-state index contributed by atoms with van der Waals surface area (Å²) in [6.45, 7) is 5.33. The minimum Gasteiger partial charge on any atom is -0.369 e. The molecule has 0 bridgehead atoms. The van der Waals surface area contributed by atoms with E-state index in [1.807, 2.05) is 13.0 Å². The Morgan fingerprint density at radius 2 is 2.30 bits per heavy atom. The van der Waals surface area contributed by atoms with Crippen LogP contribution in [0.4, 0.5) is 0 Å². The monoisotopic (exact) mass is 270 g/mol. The van der Waals surface area contributed by atoms with E-state index >= 15 is 0 Å². The molecule has 0 aliphatic carbocycles. The molecule has 1 atom stereocenters. The average Bonchev–Trinajstić information content (AvgIpc) is 2.48. The molecule has 1 aliphatic rings. The Bertz CT molecular complexity index is 561. The Labute approximate surface area is 118 Å². The number of pyridine rings is 1. The van der Waals surface area contributed by atoms with Gasteiger partial charge in [-0.25, -0.2) is 0 Å². The second-order valence-electron chi connectivity index (χ2n) is 5.00. The van der Waals surface area contributed by atoms with Crippen molar-refractivity contribution in [2.45, 2.75) is 19.6 Å². The number of aryl methyl sites for hydroxylation is 1. The molecule has 0 spiro atoms. The van der Waals surface area contributed by atoms with Crippen LogP contribution in [0, 0.1) is 6.92 Å². The summed E-state index contributed by atoms with van der Waals surface area (Å²) in [7, 11) is 0. The fourth-order valence-corrected chi connectivity index (χ4v) is 2.42. The quantitative estimate of drug-likeness (QED) is 0.850. The Hall–Kier alpha value is -1.85. The molecule has 3 rings (SSSR count). The number of nitrogens with zero attached hydrogens (tertiary/aromatic N) is 4. The summed E-state index contributed by atoms with van der Waals surface area (Å²) in [5.41, 5.74) is 3.06. The molecule has 1 fully saturated rings. The van der Waals surface area contributed by atoms with E-state index in [-0.39, 0.29) is 6.10 Å². The number of hydrogen-bond donors (Lipinski definition) is 0. The fraction of sp³-hybridized carbons (Fsp3) is 0.400. The SMILES string of the molecule is Cc1cccc(CN2CCOC(c3cnccn3)C2)n1. The molecular formula is C15H18N4O. The lowest BCUT2D eigenvalue weighted by Crippen LogP contribution is -2.38. The lowest BCUT2D eigenvalue weighted by atomic mass is 10.2. The second kappa shape index (κ2) is 6.07. The van der Waals surface area contributed by atoms with E-state index < -0.39 is 0 Å². The normalized spacial score (nSPS) is 19.9. The first-order valence-corrected chi connectivity index (χ1v) is 6.83. The van der Waals surface area contributed by atoms with Gasteiger partial charge in [-0.15, -0.1) is 0 Å². The van der Waals surface area contributed by atoms with Gasteiger partial charge in [0.2, 0.25) is 0 Å². The molecule has 104 valence electrons. The van der Waals surface area contributed by atoms with Gasteiger partial charge < -0.3 is 4.74 Å². The van der Waals surface area contributed by atoms with Crippen LogP contribution < -0.4 is 0 Å². The summed E-state index contributed by atoms with van der Waals surface area (Å²) in [4.78, 5) is 15.3. The Morgan fingerprint density at radius 3 is 3.10 bits per heavy atom. The van der Waals surface area contributed by atoms with Crippen molar-refractivity contribution in [3.63, 3.8) is 0 Å². The molecule has 0 amide bonds. The molecule has 5 heteroatoms. The molecule has 5 nitrogen and oxygen atoms in total. The summed E-state index contributed by atoms with van der Waals surface area (Å²) < 4.78 is 5.79. The third kappa shape index (κ3) is 3.18. The van der Waals surface area contributed by atoms with Crippen LogP contribution in [0.2, 0.25) is 0 Å². The first-order valence-electron chi connectivity index (χ1n) is 6.83. The summed E-state index contributed by atoms with van der Waals surface area (Å²) in [6.07, 6.45) is 5.17. The van der Waals surface area contributed by atoms with Gasteiger partial charge in [0.1, 0.15) is 6.10 Å². The number of aromatic nitrogens is 3. The number of rotatable bonds is 3. The van der Waals surface area contributed by atoms with E-state index in [4.69, 9.17) is 4.74 Å². The Kier molecular flexibility index (Phi) is 3.99. The molecule has 1 saturated heterocycles. The van der Waals surface area contributed by atoms with Gasteiger partial charge in [0.15, 0.2) is 0 Å². The van der Waals surface area contributed by atoms with Gasteiger partial charge in [-0.05, 0) is 19.1 Å². The molecule has 2 aromatic rings. The topological polar surface area (TPSA) is 51.1 Å². The molecule has 0 saturated carbocycles. The molecule has 3 heterocycles. The van der Waals surface area contributed by atoms with Crippen LogP contribution in [0.5, 0.6) is 0 Å². The van der Waals surface area contributed by atoms with Gasteiger partial charge in [-0.2, -0.15) is 0 Å². The maximum Gasteiger partial charge on any atom is 0.114 e. The minimum atomic E-state index is 0.00209. The summed E-state index contributed by atoms with van der Waals surface area (Å²) >= 11 is 0. The zero-order valence-electron chi connectivity index (χ0n) is 11.6. The standard InChI is InChI=1S/C15H18N4O/c1-12-3-2-4-13(18-12)10-19-7-8-20-15(11-19)14-9-16-5-6-17-14/h2-6,9,15H,7-8,10-11H2,1H3. The van der Waals surface area contributed by atoms with E-state index in [1.54, 1.807) is 18.6 Å². The highest BCUT2D eigenvalue weighted by atomic mass is 16.5. The van der Waals surface area contributed by atoms with Crippen molar-refractivity contribution < 1.29 is 4.74 Å². The maximum absolute atomic E-state index is 5.79. The zero-order valence-corrected chi connectivity index (χ0v) is 11.6. The lowest BCUT2D eigenvalue weighted by molar-refractivity contribution is -0.0355. The zero-order chi connectivity index (χ0) is 13.8. The van der Waals surface area contributed by atoms with E-state index in [2.05, 4.69) is 32.0 Å². The van der Waals surface area contributed by atoms with Crippen LogP contribution >= 0.6 is 0 Å². The molecule has 1 unspecified atom stereocenters. The summed E-state index contributed by atoms with van der Waals surface area (Å²) in [5, 5.41) is 0. The van der Waals surface area contributed by atoms with Gasteiger partial charge >= 0.3 is 0 Å². The second-order valence-corrected chi connectivity index (χ2v) is 5.00. The first kappa shape index (κ1) is 13.1. The van der Waals surface area contributed by atoms with E-state index in [0.717, 1.165) is 36.7 Å². The van der Waals surface area contributed by atoms with Crippen LogP contribution in [0.3, 0.4) is 0 Å². The van der Waals surface area contributed by atoms with Crippen molar-refractivity contribution in [1.82, 2.24) is 19.9 Å². The molecule has 0 N–H and O–H groups in total. The highest BCUT2D eigenvalue weighted by Gasteiger charge is 2.23. The molecule has 2 aromatic heterocycles. The van der Waals surface area contributed by atoms with Gasteiger partial charge in [-0.1, -0.05) is 6.07 Å². The van der Waals surface area contributed by atoms with Crippen molar-refractivity contribution in [3.8, 4) is 0 Å². The van der Waals surface area contributed by atoms with Gasteiger partial charge in [-0.3, -0.25) is 19.9 Å². The third-order valence-corrected chi connectivity index (χ3v) is 3.40. The van der Waals surface area contributed by atoms with E-state index in [0.29, 0.717) is 6.61 Å². The molecular weight excluding hydrogens is 252 g/mol. The number of ether oxygens (including phenoxy) is 1. The predicted octanol–water partition coefficient (Wildman–Crippen LogP) is 1.75. The van der Waals surface area contributed by atoms with Crippen LogP contribution in [0.15, 0.2) is 36.8 Å². The average molecular weight is 270 g/mol. The number of hydrogen-bond acceptors (Lipinski definition) is 5. The van der Waals surface area contributed by atoms with Crippen molar-refractivity contribution in [2.24, 2.45) is 0 Å². The van der Waals surface area contributed by atoms with Crippen LogP contribution in [-0.2, 0) is 11.3 Å². The molecule has 0 radical (unpaired) electrons. The van der Waals surface area contributed by atoms with Crippen molar-refractivity contribution >= 4 is 0 Å². The van der Waals surface area contributed by atoms with Crippen molar-refractivity contribution in [1.29, 1.82) is 0 Å². The summed E-state index contributed by atoms with van der Waals surface area (Å²) in [6, 6.07) is 6.14. The third-order valence-electron chi connectivity index (χ3n) is 3.40. The maximum atomic E-state index is 5.79. The van der Waals surface area contributed by atoms with Crippen molar-refractivity contribution in [3.05, 3.63) is 53.9 Å². The summed E-state index contributed by atoms with van der Waals surface area (Å²) in [5.74, 6) is 0. The van der Waals surface area contributed by atoms with Gasteiger partial charge in [0.25, 0.3) is 0 Å². The van der Waals surface area contributed by atoms with Crippen molar-refractivity contribution in [2.75, 3.05) is 19.7 Å². The Morgan fingerprint density at radius 1 is 1.35 bits per heavy atom. The van der Waals surface area contributed by atoms with E-state index in [1.165, 1.54) is 0 Å². The Balaban J connectivity index is 1.66. The van der Waals surface area contributed by atoms with Gasteiger partial charge in [0.05, 0.1) is 24.2 Å². The number of morpholine rings is 1.